The summed E-state index contributed by atoms with van der Waals surface area (Å²) in [5, 5.41) is 10.9. The maximum atomic E-state index is 5.29. The summed E-state index contributed by atoms with van der Waals surface area (Å²) in [6, 6.07) is 0. The van der Waals surface area contributed by atoms with Gasteiger partial charge in [0.1, 0.15) is 6.54 Å². The van der Waals surface area contributed by atoms with Gasteiger partial charge in [0, 0.05) is 19.7 Å². The van der Waals surface area contributed by atoms with Gasteiger partial charge in [-0.1, -0.05) is 6.92 Å². The van der Waals surface area contributed by atoms with Gasteiger partial charge in [-0.25, -0.2) is 4.98 Å². The van der Waals surface area contributed by atoms with Gasteiger partial charge in [-0.3, -0.25) is 0 Å². The van der Waals surface area contributed by atoms with E-state index in [1.54, 1.807) is 13.3 Å². The lowest BCUT2D eigenvalue weighted by atomic mass is 10.4. The summed E-state index contributed by atoms with van der Waals surface area (Å²) in [6.07, 6.45) is 3.74. The number of rotatable bonds is 5. The SMILES string of the molecule is CCNCc1cn(Cc2nnc(C)o2)cn1. The van der Waals surface area contributed by atoms with E-state index in [0.29, 0.717) is 18.3 Å². The van der Waals surface area contributed by atoms with Crippen molar-refractivity contribution in [2.24, 2.45) is 0 Å². The van der Waals surface area contributed by atoms with Crippen LogP contribution in [0.25, 0.3) is 0 Å². The molecule has 2 heterocycles. The summed E-state index contributed by atoms with van der Waals surface area (Å²) < 4.78 is 7.22. The highest BCUT2D eigenvalue weighted by molar-refractivity contribution is 4.97. The van der Waals surface area contributed by atoms with Gasteiger partial charge in [0.2, 0.25) is 11.8 Å². The third kappa shape index (κ3) is 2.66. The number of hydrogen-bond acceptors (Lipinski definition) is 5. The van der Waals surface area contributed by atoms with E-state index in [4.69, 9.17) is 4.42 Å². The van der Waals surface area contributed by atoms with Gasteiger partial charge in [-0.2, -0.15) is 0 Å². The maximum Gasteiger partial charge on any atom is 0.236 e. The van der Waals surface area contributed by atoms with Crippen LogP contribution in [0.5, 0.6) is 0 Å². The average Bonchev–Trinajstić information content (AvgIpc) is 2.86. The van der Waals surface area contributed by atoms with E-state index >= 15 is 0 Å². The van der Waals surface area contributed by atoms with Crippen molar-refractivity contribution in [2.75, 3.05) is 6.54 Å². The Hall–Kier alpha value is -1.69. The molecule has 0 fully saturated rings. The molecule has 1 N–H and O–H groups in total. The van der Waals surface area contributed by atoms with Gasteiger partial charge < -0.3 is 14.3 Å². The number of imidazole rings is 1. The topological polar surface area (TPSA) is 68.8 Å². The van der Waals surface area contributed by atoms with Gasteiger partial charge >= 0.3 is 0 Å². The lowest BCUT2D eigenvalue weighted by Gasteiger charge is -1.96. The van der Waals surface area contributed by atoms with E-state index in [0.717, 1.165) is 18.8 Å². The fraction of sp³-hybridized carbons (Fsp3) is 0.500. The number of hydrogen-bond donors (Lipinski definition) is 1. The summed E-state index contributed by atoms with van der Waals surface area (Å²) >= 11 is 0. The molecule has 0 atom stereocenters. The minimum Gasteiger partial charge on any atom is -0.424 e. The molecule has 0 spiro atoms. The van der Waals surface area contributed by atoms with Gasteiger partial charge in [0.05, 0.1) is 12.0 Å². The van der Waals surface area contributed by atoms with Crippen LogP contribution in [0.3, 0.4) is 0 Å². The van der Waals surface area contributed by atoms with Crippen LogP contribution in [-0.2, 0) is 13.1 Å². The zero-order valence-electron chi connectivity index (χ0n) is 9.47. The van der Waals surface area contributed by atoms with Gasteiger partial charge in [-0.05, 0) is 6.54 Å². The molecule has 0 saturated carbocycles. The minimum atomic E-state index is 0.569. The van der Waals surface area contributed by atoms with Gasteiger partial charge in [-0.15, -0.1) is 10.2 Å². The molecule has 0 aromatic carbocycles. The summed E-state index contributed by atoms with van der Waals surface area (Å²) in [4.78, 5) is 4.27. The number of nitrogens with zero attached hydrogens (tertiary/aromatic N) is 4. The molecule has 6 heteroatoms. The van der Waals surface area contributed by atoms with Crippen molar-refractivity contribution in [3.63, 3.8) is 0 Å². The standard InChI is InChI=1S/C10H15N5O/c1-3-11-4-9-5-15(7-12-9)6-10-14-13-8(2)16-10/h5,7,11H,3-4,6H2,1-2H3. The highest BCUT2D eigenvalue weighted by Gasteiger charge is 2.04. The van der Waals surface area contributed by atoms with E-state index in [2.05, 4.69) is 27.4 Å². The van der Waals surface area contributed by atoms with Crippen LogP contribution >= 0.6 is 0 Å². The fourth-order valence-electron chi connectivity index (χ4n) is 1.39. The van der Waals surface area contributed by atoms with Gasteiger partial charge in [0.25, 0.3) is 0 Å². The van der Waals surface area contributed by atoms with Crippen molar-refractivity contribution in [3.8, 4) is 0 Å². The molecule has 0 bridgehead atoms. The lowest BCUT2D eigenvalue weighted by Crippen LogP contribution is -2.11. The normalized spacial score (nSPS) is 10.9. The Balaban J connectivity index is 1.97. The molecule has 0 unspecified atom stereocenters. The third-order valence-electron chi connectivity index (χ3n) is 2.13. The lowest BCUT2D eigenvalue weighted by molar-refractivity contribution is 0.454. The Bertz CT molecular complexity index is 448. The van der Waals surface area contributed by atoms with Crippen LogP contribution in [0.15, 0.2) is 16.9 Å². The first-order chi connectivity index (χ1) is 7.78. The third-order valence-corrected chi connectivity index (χ3v) is 2.13. The van der Waals surface area contributed by atoms with Crippen LogP contribution in [0.4, 0.5) is 0 Å². The van der Waals surface area contributed by atoms with E-state index in [-0.39, 0.29) is 0 Å². The smallest absolute Gasteiger partial charge is 0.236 e. The Morgan fingerprint density at radius 1 is 1.44 bits per heavy atom. The molecule has 16 heavy (non-hydrogen) atoms. The second-order valence-electron chi connectivity index (χ2n) is 3.53. The summed E-state index contributed by atoms with van der Waals surface area (Å²) in [5.74, 6) is 1.19. The Labute approximate surface area is 93.7 Å². The van der Waals surface area contributed by atoms with E-state index < -0.39 is 0 Å². The molecule has 0 saturated heterocycles. The molecular weight excluding hydrogens is 206 g/mol. The van der Waals surface area contributed by atoms with Crippen LogP contribution in [0.1, 0.15) is 24.4 Å². The van der Waals surface area contributed by atoms with Crippen molar-refractivity contribution in [2.45, 2.75) is 26.9 Å². The Morgan fingerprint density at radius 2 is 2.31 bits per heavy atom. The molecule has 0 aliphatic rings. The van der Waals surface area contributed by atoms with Crippen LogP contribution in [0, 0.1) is 6.92 Å². The van der Waals surface area contributed by atoms with E-state index in [9.17, 15) is 0 Å². The number of aromatic nitrogens is 4. The molecule has 0 radical (unpaired) electrons. The Kier molecular flexibility index (Phi) is 3.31. The predicted octanol–water partition coefficient (Wildman–Crippen LogP) is 0.732. The molecule has 2 aromatic rings. The van der Waals surface area contributed by atoms with Crippen molar-refractivity contribution in [3.05, 3.63) is 30.0 Å². The monoisotopic (exact) mass is 221 g/mol. The molecule has 0 amide bonds. The van der Waals surface area contributed by atoms with E-state index in [1.165, 1.54) is 0 Å². The molecule has 6 nitrogen and oxygen atoms in total. The quantitative estimate of drug-likeness (QED) is 0.806. The first-order valence-electron chi connectivity index (χ1n) is 5.28. The predicted molar refractivity (Wildman–Crippen MR) is 57.7 cm³/mol. The van der Waals surface area contributed by atoms with Crippen LogP contribution in [0.2, 0.25) is 0 Å². The van der Waals surface area contributed by atoms with Crippen molar-refractivity contribution in [1.29, 1.82) is 0 Å². The molecule has 0 aliphatic heterocycles. The van der Waals surface area contributed by atoms with Crippen LogP contribution < -0.4 is 5.32 Å². The fourth-order valence-corrected chi connectivity index (χ4v) is 1.39. The van der Waals surface area contributed by atoms with E-state index in [1.807, 2.05) is 10.8 Å². The van der Waals surface area contributed by atoms with Crippen molar-refractivity contribution >= 4 is 0 Å². The molecule has 2 rings (SSSR count). The zero-order valence-corrected chi connectivity index (χ0v) is 9.47. The summed E-state index contributed by atoms with van der Waals surface area (Å²) in [5.41, 5.74) is 1.01. The first-order valence-corrected chi connectivity index (χ1v) is 5.28. The first kappa shape index (κ1) is 10.8. The number of nitrogens with one attached hydrogen (secondary N) is 1. The molecule has 2 aromatic heterocycles. The number of aryl methyl sites for hydroxylation is 1. The highest BCUT2D eigenvalue weighted by atomic mass is 16.4. The van der Waals surface area contributed by atoms with Crippen molar-refractivity contribution in [1.82, 2.24) is 25.1 Å². The van der Waals surface area contributed by atoms with Crippen LogP contribution in [-0.4, -0.2) is 26.3 Å². The zero-order chi connectivity index (χ0) is 11.4. The molecule has 0 aliphatic carbocycles. The highest BCUT2D eigenvalue weighted by Crippen LogP contribution is 2.02. The maximum absolute atomic E-state index is 5.29. The largest absolute Gasteiger partial charge is 0.424 e. The molecular formula is C10H15N5O. The summed E-state index contributed by atoms with van der Waals surface area (Å²) in [7, 11) is 0. The van der Waals surface area contributed by atoms with Gasteiger partial charge in [0.15, 0.2) is 0 Å². The average molecular weight is 221 g/mol. The van der Waals surface area contributed by atoms with Crippen molar-refractivity contribution < 1.29 is 4.42 Å². The Morgan fingerprint density at radius 3 is 3.00 bits per heavy atom. The summed E-state index contributed by atoms with van der Waals surface area (Å²) in [6.45, 7) is 6.14. The molecule has 86 valence electrons. The second kappa shape index (κ2) is 4.89. The second-order valence-corrected chi connectivity index (χ2v) is 3.53. The minimum absolute atomic E-state index is 0.569.